The summed E-state index contributed by atoms with van der Waals surface area (Å²) in [5, 5.41) is 11.6. The molecule has 1 unspecified atom stereocenters. The molecule has 0 spiro atoms. The molecule has 6 nitrogen and oxygen atoms in total. The van der Waals surface area contributed by atoms with Crippen LogP contribution < -0.4 is 4.72 Å². The van der Waals surface area contributed by atoms with Crippen molar-refractivity contribution in [3.63, 3.8) is 0 Å². The van der Waals surface area contributed by atoms with Gasteiger partial charge in [0.25, 0.3) is 10.0 Å². The number of benzene rings is 3. The van der Waals surface area contributed by atoms with Crippen LogP contribution in [0.4, 0.5) is 5.69 Å². The number of hydrogen-bond donors (Lipinski definition) is 2. The van der Waals surface area contributed by atoms with Crippen LogP contribution in [0.25, 0.3) is 11.1 Å². The van der Waals surface area contributed by atoms with Crippen LogP contribution in [0.15, 0.2) is 108 Å². The van der Waals surface area contributed by atoms with E-state index in [9.17, 15) is 13.5 Å². The first-order chi connectivity index (χ1) is 17.4. The summed E-state index contributed by atoms with van der Waals surface area (Å²) in [6.45, 7) is 0.417. The second-order valence-electron chi connectivity index (χ2n) is 8.36. The van der Waals surface area contributed by atoms with Gasteiger partial charge in [-0.05, 0) is 35.4 Å². The van der Waals surface area contributed by atoms with Crippen LogP contribution in [0, 0.1) is 0 Å². The number of anilines is 1. The summed E-state index contributed by atoms with van der Waals surface area (Å²) in [6.07, 6.45) is 3.45. The van der Waals surface area contributed by atoms with Crippen molar-refractivity contribution in [2.24, 2.45) is 0 Å². The molecule has 1 saturated heterocycles. The fourth-order valence-electron chi connectivity index (χ4n) is 4.15. The monoisotopic (exact) mass is 533 g/mol. The molecule has 9 heteroatoms. The van der Waals surface area contributed by atoms with E-state index < -0.39 is 15.7 Å². The number of hydrogen-bond acceptors (Lipinski definition) is 6. The zero-order chi connectivity index (χ0) is 25.2. The summed E-state index contributed by atoms with van der Waals surface area (Å²) in [6, 6.07) is 26.9. The van der Waals surface area contributed by atoms with E-state index in [-0.39, 0.29) is 4.90 Å². The van der Waals surface area contributed by atoms with E-state index in [2.05, 4.69) is 9.71 Å². The summed E-state index contributed by atoms with van der Waals surface area (Å²) in [5.41, 5.74) is 2.10. The molecule has 1 fully saturated rings. The molecule has 0 aliphatic carbocycles. The number of nitrogens with one attached hydrogen (secondary N) is 1. The van der Waals surface area contributed by atoms with Crippen molar-refractivity contribution in [3.05, 3.63) is 115 Å². The Morgan fingerprint density at radius 2 is 1.69 bits per heavy atom. The first-order valence-corrected chi connectivity index (χ1v) is 14.1. The number of aromatic nitrogens is 1. The lowest BCUT2D eigenvalue weighted by molar-refractivity contribution is -0.0508. The summed E-state index contributed by atoms with van der Waals surface area (Å²) in [4.78, 5) is 6.12. The van der Waals surface area contributed by atoms with Crippen molar-refractivity contribution in [2.45, 2.75) is 17.2 Å². The average molecular weight is 534 g/mol. The molecular weight excluding hydrogens is 511 g/mol. The molecule has 0 radical (unpaired) electrons. The predicted molar refractivity (Wildman–Crippen MR) is 148 cm³/mol. The molecule has 182 valence electrons. The largest absolute Gasteiger partial charge is 0.366 e. The second-order valence-corrected chi connectivity index (χ2v) is 11.6. The van der Waals surface area contributed by atoms with Crippen molar-refractivity contribution >= 4 is 44.0 Å². The standard InChI is InChI=1S/C27H23N3O3S3/c31-27(19-35-26(34)30(27)18-20-7-6-16-28-17-20)22-12-14-23(15-13-22)29-36(32,33)25-11-5-4-10-24(25)21-8-2-1-3-9-21/h1-17,29,31H,18-19H2. The van der Waals surface area contributed by atoms with Gasteiger partial charge in [-0.15, -0.1) is 0 Å². The van der Waals surface area contributed by atoms with E-state index in [0.29, 0.717) is 33.4 Å². The van der Waals surface area contributed by atoms with Gasteiger partial charge in [-0.1, -0.05) is 90.7 Å². The number of nitrogens with zero attached hydrogens (tertiary/aromatic N) is 2. The van der Waals surface area contributed by atoms with Crippen molar-refractivity contribution in [2.75, 3.05) is 10.5 Å². The molecule has 0 amide bonds. The minimum Gasteiger partial charge on any atom is -0.366 e. The number of aliphatic hydroxyl groups is 1. The van der Waals surface area contributed by atoms with E-state index in [1.165, 1.54) is 11.8 Å². The fourth-order valence-corrected chi connectivity index (χ4v) is 6.85. The Bertz CT molecular complexity index is 1480. The third-order valence-electron chi connectivity index (χ3n) is 5.99. The van der Waals surface area contributed by atoms with Crippen LogP contribution in [0.1, 0.15) is 11.1 Å². The molecule has 2 heterocycles. The molecule has 4 aromatic rings. The highest BCUT2D eigenvalue weighted by Crippen LogP contribution is 2.40. The quantitative estimate of drug-likeness (QED) is 0.315. The Hall–Kier alpha value is -3.24. The number of pyridine rings is 1. The number of sulfonamides is 1. The summed E-state index contributed by atoms with van der Waals surface area (Å²) >= 11 is 6.92. The first kappa shape index (κ1) is 24.5. The predicted octanol–water partition coefficient (Wildman–Crippen LogP) is 5.23. The molecule has 0 saturated carbocycles. The molecule has 1 aromatic heterocycles. The minimum absolute atomic E-state index is 0.194. The first-order valence-electron chi connectivity index (χ1n) is 11.2. The van der Waals surface area contributed by atoms with Gasteiger partial charge >= 0.3 is 0 Å². The lowest BCUT2D eigenvalue weighted by atomic mass is 10.0. The lowest BCUT2D eigenvalue weighted by Gasteiger charge is -2.34. The van der Waals surface area contributed by atoms with Gasteiger partial charge < -0.3 is 10.0 Å². The maximum absolute atomic E-state index is 13.3. The molecule has 1 aliphatic heterocycles. The summed E-state index contributed by atoms with van der Waals surface area (Å²) in [7, 11) is -3.85. The highest BCUT2D eigenvalue weighted by Gasteiger charge is 2.44. The number of thioether (sulfide) groups is 1. The van der Waals surface area contributed by atoms with Crippen LogP contribution in [0.3, 0.4) is 0 Å². The Morgan fingerprint density at radius 3 is 2.42 bits per heavy atom. The van der Waals surface area contributed by atoms with Crippen LogP contribution >= 0.6 is 24.0 Å². The molecule has 36 heavy (non-hydrogen) atoms. The van der Waals surface area contributed by atoms with Gasteiger partial charge in [0, 0.05) is 35.8 Å². The third kappa shape index (κ3) is 4.87. The molecule has 3 aromatic carbocycles. The molecule has 5 rings (SSSR count). The highest BCUT2D eigenvalue weighted by molar-refractivity contribution is 8.23. The average Bonchev–Trinajstić information content (AvgIpc) is 3.19. The van der Waals surface area contributed by atoms with E-state index in [1.807, 2.05) is 48.5 Å². The van der Waals surface area contributed by atoms with E-state index in [0.717, 1.165) is 11.1 Å². The van der Waals surface area contributed by atoms with Crippen LogP contribution in [-0.4, -0.2) is 33.5 Å². The van der Waals surface area contributed by atoms with E-state index in [4.69, 9.17) is 12.2 Å². The Morgan fingerprint density at radius 1 is 0.972 bits per heavy atom. The lowest BCUT2D eigenvalue weighted by Crippen LogP contribution is -2.44. The van der Waals surface area contributed by atoms with Gasteiger partial charge in [-0.3, -0.25) is 9.71 Å². The fraction of sp³-hybridized carbons (Fsp3) is 0.111. The molecular formula is C27H23N3O3S3. The molecule has 1 atom stereocenters. The molecule has 0 bridgehead atoms. The highest BCUT2D eigenvalue weighted by atomic mass is 32.2. The van der Waals surface area contributed by atoms with Crippen LogP contribution in [-0.2, 0) is 22.3 Å². The van der Waals surface area contributed by atoms with Gasteiger partial charge in [0.1, 0.15) is 4.32 Å². The number of thiocarbonyl (C=S) groups is 1. The SMILES string of the molecule is O=S(=O)(Nc1ccc(C2(O)CSC(=S)N2Cc2cccnc2)cc1)c1ccccc1-c1ccccc1. The van der Waals surface area contributed by atoms with Gasteiger partial charge in [0.15, 0.2) is 5.72 Å². The summed E-state index contributed by atoms with van der Waals surface area (Å²) in [5.74, 6) is 0.377. The molecule has 2 N–H and O–H groups in total. The Labute approximate surface area is 220 Å². The molecule has 1 aliphatic rings. The van der Waals surface area contributed by atoms with Crippen LogP contribution in [0.2, 0.25) is 0 Å². The summed E-state index contributed by atoms with van der Waals surface area (Å²) < 4.78 is 29.9. The topological polar surface area (TPSA) is 82.5 Å². The Balaban J connectivity index is 1.39. The maximum Gasteiger partial charge on any atom is 0.262 e. The zero-order valence-electron chi connectivity index (χ0n) is 19.1. The van der Waals surface area contributed by atoms with Crippen molar-refractivity contribution in [1.82, 2.24) is 9.88 Å². The van der Waals surface area contributed by atoms with Gasteiger partial charge in [0.05, 0.1) is 10.6 Å². The van der Waals surface area contributed by atoms with Gasteiger partial charge in [-0.25, -0.2) is 8.42 Å². The normalized spacial score (nSPS) is 17.8. The Kier molecular flexibility index (Phi) is 6.81. The van der Waals surface area contributed by atoms with Crippen molar-refractivity contribution in [3.8, 4) is 11.1 Å². The maximum atomic E-state index is 13.3. The van der Waals surface area contributed by atoms with E-state index in [1.54, 1.807) is 59.8 Å². The van der Waals surface area contributed by atoms with Gasteiger partial charge in [0.2, 0.25) is 0 Å². The smallest absolute Gasteiger partial charge is 0.262 e. The van der Waals surface area contributed by atoms with Crippen molar-refractivity contribution < 1.29 is 13.5 Å². The zero-order valence-corrected chi connectivity index (χ0v) is 21.6. The van der Waals surface area contributed by atoms with Crippen molar-refractivity contribution in [1.29, 1.82) is 0 Å². The van der Waals surface area contributed by atoms with Gasteiger partial charge in [-0.2, -0.15) is 0 Å². The van der Waals surface area contributed by atoms with Crippen LogP contribution in [0.5, 0.6) is 0 Å². The van der Waals surface area contributed by atoms with E-state index >= 15 is 0 Å². The number of rotatable bonds is 7. The minimum atomic E-state index is -3.85. The second kappa shape index (κ2) is 10.0. The third-order valence-corrected chi connectivity index (χ3v) is 9.02.